The van der Waals surface area contributed by atoms with Crippen molar-refractivity contribution in [2.45, 2.75) is 19.9 Å². The average Bonchev–Trinajstić information content (AvgIpc) is 2.34. The van der Waals surface area contributed by atoms with Gasteiger partial charge in [0.2, 0.25) is 5.91 Å². The normalized spacial score (nSPS) is 10.3. The molecule has 1 rings (SSSR count). The van der Waals surface area contributed by atoms with Gasteiger partial charge in [-0.25, -0.2) is 0 Å². The lowest BCUT2D eigenvalue weighted by atomic mass is 10.1. The predicted molar refractivity (Wildman–Crippen MR) is 67.8 cm³/mol. The minimum Gasteiger partial charge on any atom is -0.348 e. The number of amides is 1. The van der Waals surface area contributed by atoms with E-state index in [1.54, 1.807) is 12.2 Å². The van der Waals surface area contributed by atoms with Crippen molar-refractivity contribution in [3.05, 3.63) is 54.1 Å². The molecular weight excluding hydrogens is 198 g/mol. The SMILES string of the molecule is C=Cc1ccccc1CNC(=O)C=CCC. The number of hydrogen-bond acceptors (Lipinski definition) is 1. The van der Waals surface area contributed by atoms with Gasteiger partial charge in [-0.3, -0.25) is 4.79 Å². The minimum atomic E-state index is -0.0549. The molecule has 0 bridgehead atoms. The fraction of sp³-hybridized carbons (Fsp3) is 0.214. The smallest absolute Gasteiger partial charge is 0.243 e. The second-order valence-electron chi connectivity index (χ2n) is 3.43. The number of rotatable bonds is 5. The van der Waals surface area contributed by atoms with Crippen molar-refractivity contribution in [1.29, 1.82) is 0 Å². The zero-order chi connectivity index (χ0) is 11.8. The lowest BCUT2D eigenvalue weighted by Crippen LogP contribution is -2.20. The van der Waals surface area contributed by atoms with Gasteiger partial charge in [-0.05, 0) is 23.6 Å². The van der Waals surface area contributed by atoms with Crippen LogP contribution in [0.4, 0.5) is 0 Å². The highest BCUT2D eigenvalue weighted by Crippen LogP contribution is 2.09. The largest absolute Gasteiger partial charge is 0.348 e. The number of nitrogens with one attached hydrogen (secondary N) is 1. The van der Waals surface area contributed by atoms with Crippen molar-refractivity contribution in [3.8, 4) is 0 Å². The summed E-state index contributed by atoms with van der Waals surface area (Å²) in [5, 5.41) is 2.83. The van der Waals surface area contributed by atoms with Crippen molar-refractivity contribution >= 4 is 12.0 Å². The maximum Gasteiger partial charge on any atom is 0.243 e. The third kappa shape index (κ3) is 3.73. The molecule has 1 aromatic rings. The fourth-order valence-electron chi connectivity index (χ4n) is 1.36. The lowest BCUT2D eigenvalue weighted by Gasteiger charge is -2.06. The summed E-state index contributed by atoms with van der Waals surface area (Å²) in [5.74, 6) is -0.0549. The summed E-state index contributed by atoms with van der Waals surface area (Å²) in [6, 6.07) is 7.88. The van der Waals surface area contributed by atoms with E-state index >= 15 is 0 Å². The minimum absolute atomic E-state index is 0.0549. The maximum absolute atomic E-state index is 11.4. The zero-order valence-electron chi connectivity index (χ0n) is 9.57. The van der Waals surface area contributed by atoms with Gasteiger partial charge >= 0.3 is 0 Å². The third-order valence-corrected chi connectivity index (χ3v) is 2.23. The molecule has 0 atom stereocenters. The molecular formula is C14H17NO. The summed E-state index contributed by atoms with van der Waals surface area (Å²) in [5.41, 5.74) is 2.14. The molecule has 1 aromatic carbocycles. The van der Waals surface area contributed by atoms with Crippen molar-refractivity contribution in [2.24, 2.45) is 0 Å². The van der Waals surface area contributed by atoms with Gasteiger partial charge in [-0.2, -0.15) is 0 Å². The van der Waals surface area contributed by atoms with Gasteiger partial charge in [0.25, 0.3) is 0 Å². The van der Waals surface area contributed by atoms with Crippen molar-refractivity contribution in [1.82, 2.24) is 5.32 Å². The Hall–Kier alpha value is -1.83. The molecule has 0 radical (unpaired) electrons. The molecule has 0 aromatic heterocycles. The number of carbonyl (C=O) groups excluding carboxylic acids is 1. The highest BCUT2D eigenvalue weighted by molar-refractivity contribution is 5.87. The molecule has 2 heteroatoms. The highest BCUT2D eigenvalue weighted by atomic mass is 16.1. The first-order valence-corrected chi connectivity index (χ1v) is 5.42. The molecule has 0 aliphatic rings. The van der Waals surface area contributed by atoms with Crippen LogP contribution in [0.3, 0.4) is 0 Å². The lowest BCUT2D eigenvalue weighted by molar-refractivity contribution is -0.116. The number of hydrogen-bond donors (Lipinski definition) is 1. The Kier molecular flexibility index (Phi) is 5.06. The van der Waals surface area contributed by atoms with Crippen LogP contribution >= 0.6 is 0 Å². The van der Waals surface area contributed by atoms with Gasteiger partial charge in [-0.1, -0.05) is 49.9 Å². The molecule has 0 saturated carbocycles. The molecule has 0 heterocycles. The second-order valence-corrected chi connectivity index (χ2v) is 3.43. The average molecular weight is 215 g/mol. The molecule has 1 N–H and O–H groups in total. The van der Waals surface area contributed by atoms with E-state index in [1.165, 1.54) is 0 Å². The van der Waals surface area contributed by atoms with Gasteiger partial charge in [-0.15, -0.1) is 0 Å². The summed E-state index contributed by atoms with van der Waals surface area (Å²) in [7, 11) is 0. The number of carbonyl (C=O) groups is 1. The Balaban J connectivity index is 2.57. The summed E-state index contributed by atoms with van der Waals surface area (Å²) < 4.78 is 0. The van der Waals surface area contributed by atoms with E-state index in [1.807, 2.05) is 37.3 Å². The van der Waals surface area contributed by atoms with Gasteiger partial charge in [0, 0.05) is 6.54 Å². The molecule has 0 fully saturated rings. The van der Waals surface area contributed by atoms with E-state index in [0.29, 0.717) is 6.54 Å². The van der Waals surface area contributed by atoms with E-state index in [9.17, 15) is 4.79 Å². The molecule has 0 unspecified atom stereocenters. The predicted octanol–water partition coefficient (Wildman–Crippen LogP) is 2.91. The van der Waals surface area contributed by atoms with E-state index in [2.05, 4.69) is 11.9 Å². The summed E-state index contributed by atoms with van der Waals surface area (Å²) in [6.45, 7) is 6.28. The van der Waals surface area contributed by atoms with Crippen LogP contribution in [0.25, 0.3) is 6.08 Å². The van der Waals surface area contributed by atoms with Crippen LogP contribution in [0, 0.1) is 0 Å². The topological polar surface area (TPSA) is 29.1 Å². The first-order valence-electron chi connectivity index (χ1n) is 5.42. The van der Waals surface area contributed by atoms with E-state index in [0.717, 1.165) is 17.5 Å². The number of allylic oxidation sites excluding steroid dienone is 1. The van der Waals surface area contributed by atoms with E-state index in [4.69, 9.17) is 0 Å². The third-order valence-electron chi connectivity index (χ3n) is 2.23. The van der Waals surface area contributed by atoms with Crippen LogP contribution in [0.1, 0.15) is 24.5 Å². The Morgan fingerprint density at radius 1 is 1.44 bits per heavy atom. The van der Waals surface area contributed by atoms with Crippen LogP contribution < -0.4 is 5.32 Å². The summed E-state index contributed by atoms with van der Waals surface area (Å²) in [4.78, 5) is 11.4. The van der Waals surface area contributed by atoms with Crippen LogP contribution in [0.2, 0.25) is 0 Å². The van der Waals surface area contributed by atoms with Crippen molar-refractivity contribution < 1.29 is 4.79 Å². The van der Waals surface area contributed by atoms with Gasteiger partial charge in [0.1, 0.15) is 0 Å². The molecule has 0 spiro atoms. The van der Waals surface area contributed by atoms with E-state index < -0.39 is 0 Å². The van der Waals surface area contributed by atoms with Crippen LogP contribution in [-0.2, 0) is 11.3 Å². The van der Waals surface area contributed by atoms with Crippen molar-refractivity contribution in [2.75, 3.05) is 0 Å². The van der Waals surface area contributed by atoms with Crippen LogP contribution in [0.5, 0.6) is 0 Å². The molecule has 1 amide bonds. The number of benzene rings is 1. The second kappa shape index (κ2) is 6.62. The summed E-state index contributed by atoms with van der Waals surface area (Å²) >= 11 is 0. The molecule has 84 valence electrons. The Morgan fingerprint density at radius 3 is 2.88 bits per heavy atom. The molecule has 16 heavy (non-hydrogen) atoms. The Bertz CT molecular complexity index is 393. The first-order chi connectivity index (χ1) is 7.77. The molecule has 0 aliphatic carbocycles. The Labute approximate surface area is 96.7 Å². The van der Waals surface area contributed by atoms with Gasteiger partial charge in [0.05, 0.1) is 0 Å². The maximum atomic E-state index is 11.4. The molecule has 2 nitrogen and oxygen atoms in total. The van der Waals surface area contributed by atoms with Crippen LogP contribution in [-0.4, -0.2) is 5.91 Å². The van der Waals surface area contributed by atoms with E-state index in [-0.39, 0.29) is 5.91 Å². The monoisotopic (exact) mass is 215 g/mol. The quantitative estimate of drug-likeness (QED) is 0.752. The van der Waals surface area contributed by atoms with Gasteiger partial charge < -0.3 is 5.32 Å². The molecule has 0 saturated heterocycles. The van der Waals surface area contributed by atoms with Crippen molar-refractivity contribution in [3.63, 3.8) is 0 Å². The standard InChI is InChI=1S/C14H17NO/c1-3-5-10-14(16)15-11-13-9-7-6-8-12(13)4-2/h4-10H,2-3,11H2,1H3,(H,15,16). The van der Waals surface area contributed by atoms with Gasteiger partial charge in [0.15, 0.2) is 0 Å². The summed E-state index contributed by atoms with van der Waals surface area (Å²) in [6.07, 6.45) is 6.07. The van der Waals surface area contributed by atoms with Crippen LogP contribution in [0.15, 0.2) is 43.0 Å². The highest BCUT2D eigenvalue weighted by Gasteiger charge is 1.99. The zero-order valence-corrected chi connectivity index (χ0v) is 9.57. The fourth-order valence-corrected chi connectivity index (χ4v) is 1.36. The first kappa shape index (κ1) is 12.2. The molecule has 0 aliphatic heterocycles. The Morgan fingerprint density at radius 2 is 2.19 bits per heavy atom.